The number of nitrogens with zero attached hydrogens (tertiary/aromatic N) is 1. The van der Waals surface area contributed by atoms with Gasteiger partial charge in [0.05, 0.1) is 17.2 Å². The molecule has 1 amide bonds. The van der Waals surface area contributed by atoms with Gasteiger partial charge >= 0.3 is 6.36 Å². The van der Waals surface area contributed by atoms with Gasteiger partial charge in [-0.25, -0.2) is 13.1 Å². The minimum Gasteiger partial charge on any atom is -0.468 e. The van der Waals surface area contributed by atoms with E-state index in [9.17, 15) is 26.4 Å². The zero-order valence-corrected chi connectivity index (χ0v) is 17.1. The third-order valence-electron chi connectivity index (χ3n) is 4.00. The number of furan rings is 1. The summed E-state index contributed by atoms with van der Waals surface area (Å²) in [5.41, 5.74) is 0. The van der Waals surface area contributed by atoms with E-state index >= 15 is 0 Å². The van der Waals surface area contributed by atoms with Gasteiger partial charge in [0.25, 0.3) is 0 Å². The summed E-state index contributed by atoms with van der Waals surface area (Å²) < 4.78 is 72.1. The minimum atomic E-state index is -4.87. The predicted octanol–water partition coefficient (Wildman–Crippen LogP) is 2.27. The van der Waals surface area contributed by atoms with E-state index in [1.165, 1.54) is 6.26 Å². The van der Waals surface area contributed by atoms with E-state index in [4.69, 9.17) is 4.42 Å². The maximum Gasteiger partial charge on any atom is 0.573 e. The number of sulfonamides is 1. The molecule has 0 bridgehead atoms. The third-order valence-corrected chi connectivity index (χ3v) is 5.48. The molecule has 166 valence electrons. The summed E-state index contributed by atoms with van der Waals surface area (Å²) in [5, 5.41) is 2.71. The molecule has 0 fully saturated rings. The van der Waals surface area contributed by atoms with Crippen LogP contribution in [0.15, 0.2) is 52.0 Å². The monoisotopic (exact) mass is 449 g/mol. The van der Waals surface area contributed by atoms with Crippen molar-refractivity contribution in [2.75, 3.05) is 27.2 Å². The summed E-state index contributed by atoms with van der Waals surface area (Å²) in [7, 11) is -0.323. The van der Waals surface area contributed by atoms with Crippen LogP contribution in [0.1, 0.15) is 18.2 Å². The Labute approximate surface area is 172 Å². The Morgan fingerprint density at radius 1 is 1.20 bits per heavy atom. The lowest BCUT2D eigenvalue weighted by Gasteiger charge is -2.22. The van der Waals surface area contributed by atoms with Crippen LogP contribution in [0, 0.1) is 0 Å². The topological polar surface area (TPSA) is 101 Å². The summed E-state index contributed by atoms with van der Waals surface area (Å²) in [5.74, 6) is -0.225. The van der Waals surface area contributed by atoms with Crippen LogP contribution >= 0.6 is 0 Å². The summed E-state index contributed by atoms with van der Waals surface area (Å²) in [4.78, 5) is 13.6. The van der Waals surface area contributed by atoms with Crippen molar-refractivity contribution in [3.05, 3.63) is 48.4 Å². The van der Waals surface area contributed by atoms with E-state index in [1.54, 1.807) is 12.1 Å². The number of benzene rings is 1. The van der Waals surface area contributed by atoms with Gasteiger partial charge in [-0.3, -0.25) is 9.69 Å². The number of rotatable bonds is 10. The van der Waals surface area contributed by atoms with Gasteiger partial charge in [0.15, 0.2) is 0 Å². The first kappa shape index (κ1) is 23.7. The molecule has 2 rings (SSSR count). The fourth-order valence-corrected chi connectivity index (χ4v) is 3.55. The van der Waals surface area contributed by atoms with Crippen LogP contribution in [0.2, 0.25) is 0 Å². The van der Waals surface area contributed by atoms with Crippen molar-refractivity contribution in [1.29, 1.82) is 0 Å². The van der Waals surface area contributed by atoms with Crippen molar-refractivity contribution in [2.24, 2.45) is 0 Å². The van der Waals surface area contributed by atoms with Crippen molar-refractivity contribution >= 4 is 15.9 Å². The minimum absolute atomic E-state index is 0.118. The second kappa shape index (κ2) is 9.96. The molecule has 0 aliphatic heterocycles. The summed E-state index contributed by atoms with van der Waals surface area (Å²) in [6, 6.07) is 7.09. The normalized spacial score (nSPS) is 13.3. The average Bonchev–Trinajstić information content (AvgIpc) is 3.15. The Kier molecular flexibility index (Phi) is 7.87. The molecule has 1 unspecified atom stereocenters. The second-order valence-electron chi connectivity index (χ2n) is 6.47. The van der Waals surface area contributed by atoms with Gasteiger partial charge in [-0.05, 0) is 50.5 Å². The number of hydrogen-bond acceptors (Lipinski definition) is 6. The highest BCUT2D eigenvalue weighted by atomic mass is 32.2. The van der Waals surface area contributed by atoms with Crippen LogP contribution in [0.3, 0.4) is 0 Å². The van der Waals surface area contributed by atoms with Gasteiger partial charge in [0.1, 0.15) is 11.5 Å². The molecule has 1 heterocycles. The number of ether oxygens (including phenoxy) is 1. The van der Waals surface area contributed by atoms with Gasteiger partial charge in [-0.2, -0.15) is 0 Å². The van der Waals surface area contributed by atoms with E-state index in [-0.39, 0.29) is 36.4 Å². The number of nitrogens with one attached hydrogen (secondary N) is 2. The van der Waals surface area contributed by atoms with E-state index in [2.05, 4.69) is 14.8 Å². The highest BCUT2D eigenvalue weighted by Crippen LogP contribution is 2.23. The molecule has 2 aromatic rings. The van der Waals surface area contributed by atoms with Crippen molar-refractivity contribution in [3.8, 4) is 5.75 Å². The molecule has 0 radical (unpaired) electrons. The van der Waals surface area contributed by atoms with Gasteiger partial charge < -0.3 is 14.5 Å². The third kappa shape index (κ3) is 7.35. The number of carbonyl (C=O) groups excluding carboxylic acids is 1. The van der Waals surface area contributed by atoms with Crippen LogP contribution in [0.4, 0.5) is 13.2 Å². The van der Waals surface area contributed by atoms with Crippen molar-refractivity contribution in [3.63, 3.8) is 0 Å². The number of carbonyl (C=O) groups is 1. The lowest BCUT2D eigenvalue weighted by molar-refractivity contribution is -0.274. The Balaban J connectivity index is 1.82. The van der Waals surface area contributed by atoms with Crippen molar-refractivity contribution in [1.82, 2.24) is 14.9 Å². The summed E-state index contributed by atoms with van der Waals surface area (Å²) in [6.07, 6.45) is -3.45. The molecule has 0 spiro atoms. The lowest BCUT2D eigenvalue weighted by Crippen LogP contribution is -2.36. The molecule has 0 saturated carbocycles. The highest BCUT2D eigenvalue weighted by molar-refractivity contribution is 7.89. The molecule has 8 nitrogen and oxygen atoms in total. The van der Waals surface area contributed by atoms with Crippen molar-refractivity contribution in [2.45, 2.75) is 23.7 Å². The maximum absolute atomic E-state index is 12.2. The fourth-order valence-electron chi connectivity index (χ4n) is 2.52. The van der Waals surface area contributed by atoms with Crippen LogP contribution in [-0.2, 0) is 14.8 Å². The van der Waals surface area contributed by atoms with Crippen LogP contribution in [0.5, 0.6) is 5.75 Å². The van der Waals surface area contributed by atoms with Crippen LogP contribution in [0.25, 0.3) is 0 Å². The number of hydrogen-bond donors (Lipinski definition) is 2. The molecule has 1 atom stereocenters. The Morgan fingerprint density at radius 2 is 1.87 bits per heavy atom. The van der Waals surface area contributed by atoms with Crippen LogP contribution < -0.4 is 14.8 Å². The average molecular weight is 449 g/mol. The number of alkyl halides is 3. The maximum atomic E-state index is 12.2. The Hall–Kier alpha value is -2.57. The number of likely N-dealkylation sites (N-methyl/N-ethyl adjacent to an activating group) is 1. The quantitative estimate of drug-likeness (QED) is 0.577. The molecule has 1 aromatic carbocycles. The molecular formula is C18H22F3N3O5S. The molecule has 12 heteroatoms. The molecular weight excluding hydrogens is 427 g/mol. The molecule has 0 aliphatic carbocycles. The van der Waals surface area contributed by atoms with E-state index in [0.29, 0.717) is 5.76 Å². The molecule has 30 heavy (non-hydrogen) atoms. The molecule has 2 N–H and O–H groups in total. The number of halogens is 3. The van der Waals surface area contributed by atoms with Crippen molar-refractivity contribution < 1.29 is 35.5 Å². The summed E-state index contributed by atoms with van der Waals surface area (Å²) in [6.45, 7) is 0.0924. The van der Waals surface area contributed by atoms with E-state index < -0.39 is 22.1 Å². The molecule has 1 aromatic heterocycles. The van der Waals surface area contributed by atoms with Crippen LogP contribution in [-0.4, -0.2) is 52.8 Å². The second-order valence-corrected chi connectivity index (χ2v) is 8.23. The first-order valence-corrected chi connectivity index (χ1v) is 10.3. The first-order valence-electron chi connectivity index (χ1n) is 8.80. The van der Waals surface area contributed by atoms with Gasteiger partial charge in [-0.15, -0.1) is 13.2 Å². The Morgan fingerprint density at radius 3 is 2.40 bits per heavy atom. The van der Waals surface area contributed by atoms with E-state index in [0.717, 1.165) is 24.3 Å². The summed E-state index contributed by atoms with van der Waals surface area (Å²) >= 11 is 0. The smallest absolute Gasteiger partial charge is 0.468 e. The van der Waals surface area contributed by atoms with Gasteiger partial charge in [-0.1, -0.05) is 0 Å². The number of amides is 1. The lowest BCUT2D eigenvalue weighted by atomic mass is 10.2. The standard InChI is InChI=1S/C18H22F3N3O5S/c1-24(2)15(16-4-3-11-28-16)12-22-17(25)9-10-23-30(26,27)14-7-5-13(6-8-14)29-18(19,20)21/h3-8,11,15,23H,9-10,12H2,1-2H3,(H,22,25). The Bertz CT molecular complexity index is 914. The van der Waals surface area contributed by atoms with E-state index in [1.807, 2.05) is 19.0 Å². The molecule has 0 aliphatic rings. The predicted molar refractivity (Wildman–Crippen MR) is 101 cm³/mol. The highest BCUT2D eigenvalue weighted by Gasteiger charge is 2.31. The SMILES string of the molecule is CN(C)C(CNC(=O)CCNS(=O)(=O)c1ccc(OC(F)(F)F)cc1)c1ccco1. The molecule has 0 saturated heterocycles. The van der Waals surface area contributed by atoms with Gasteiger partial charge in [0, 0.05) is 19.5 Å². The first-order chi connectivity index (χ1) is 14.0. The fraction of sp³-hybridized carbons (Fsp3) is 0.389. The zero-order chi connectivity index (χ0) is 22.4. The van der Waals surface area contributed by atoms with Gasteiger partial charge in [0.2, 0.25) is 15.9 Å². The largest absolute Gasteiger partial charge is 0.573 e. The zero-order valence-electron chi connectivity index (χ0n) is 16.3.